The first-order valence-corrected chi connectivity index (χ1v) is 6.79. The highest BCUT2D eigenvalue weighted by molar-refractivity contribution is 6.33. The number of hydrogen-bond donors (Lipinski definition) is 1. The third-order valence-electron chi connectivity index (χ3n) is 3.41. The molecule has 3 atom stereocenters. The number of benzene rings is 1. The number of nitro groups is 1. The molecular weight excluding hydrogens is 284 g/mol. The summed E-state index contributed by atoms with van der Waals surface area (Å²) < 4.78 is 10.9. The summed E-state index contributed by atoms with van der Waals surface area (Å²) >= 11 is 6.05. The summed E-state index contributed by atoms with van der Waals surface area (Å²) in [7, 11) is 1.64. The number of non-ortho nitro benzene ring substituents is 1. The smallest absolute Gasteiger partial charge is 0.271 e. The molecule has 0 radical (unpaired) electrons. The summed E-state index contributed by atoms with van der Waals surface area (Å²) in [5, 5.41) is 14.2. The van der Waals surface area contributed by atoms with Crippen molar-refractivity contribution in [2.24, 2.45) is 0 Å². The van der Waals surface area contributed by atoms with Gasteiger partial charge in [0.05, 0.1) is 27.8 Å². The standard InChI is InChI=1S/C13H17ClN2O4/c1-3-20-12-7-11(13(12)19-2)15-10-5-4-8(16(17)18)6-9(10)14/h4-6,11-13,15H,3,7H2,1-2H3. The number of hydrogen-bond acceptors (Lipinski definition) is 5. The topological polar surface area (TPSA) is 73.6 Å². The van der Waals surface area contributed by atoms with E-state index in [4.69, 9.17) is 21.1 Å². The molecule has 6 nitrogen and oxygen atoms in total. The first-order valence-electron chi connectivity index (χ1n) is 6.41. The summed E-state index contributed by atoms with van der Waals surface area (Å²) in [5.41, 5.74) is 0.643. The molecule has 7 heteroatoms. The third kappa shape index (κ3) is 3.03. The predicted octanol–water partition coefficient (Wildman–Crippen LogP) is 2.85. The molecular formula is C13H17ClN2O4. The average molecular weight is 301 g/mol. The van der Waals surface area contributed by atoms with Crippen LogP contribution in [0.1, 0.15) is 13.3 Å². The second-order valence-corrected chi connectivity index (χ2v) is 5.01. The third-order valence-corrected chi connectivity index (χ3v) is 3.72. The van der Waals surface area contributed by atoms with E-state index in [1.165, 1.54) is 12.1 Å². The zero-order valence-electron chi connectivity index (χ0n) is 11.3. The Hall–Kier alpha value is -1.37. The van der Waals surface area contributed by atoms with Crippen molar-refractivity contribution in [1.82, 2.24) is 0 Å². The van der Waals surface area contributed by atoms with Gasteiger partial charge in [0.1, 0.15) is 6.10 Å². The van der Waals surface area contributed by atoms with Crippen molar-refractivity contribution >= 4 is 23.0 Å². The van der Waals surface area contributed by atoms with E-state index in [0.29, 0.717) is 17.3 Å². The molecule has 3 unspecified atom stereocenters. The Morgan fingerprint density at radius 1 is 1.55 bits per heavy atom. The maximum Gasteiger partial charge on any atom is 0.271 e. The SMILES string of the molecule is CCOC1CC(Nc2ccc([N+](=O)[O-])cc2Cl)C1OC. The molecule has 2 rings (SSSR count). The minimum absolute atomic E-state index is 0.0235. The number of anilines is 1. The molecule has 110 valence electrons. The van der Waals surface area contributed by atoms with Gasteiger partial charge in [-0.1, -0.05) is 11.6 Å². The van der Waals surface area contributed by atoms with E-state index in [2.05, 4.69) is 5.32 Å². The number of nitrogens with zero attached hydrogens (tertiary/aromatic N) is 1. The van der Waals surface area contributed by atoms with Crippen LogP contribution in [0.2, 0.25) is 5.02 Å². The molecule has 0 saturated heterocycles. The quantitative estimate of drug-likeness (QED) is 0.646. The zero-order valence-corrected chi connectivity index (χ0v) is 12.1. The molecule has 0 aliphatic heterocycles. The Bertz CT molecular complexity index is 497. The highest BCUT2D eigenvalue weighted by Crippen LogP contribution is 2.33. The first-order chi connectivity index (χ1) is 9.56. The number of rotatable bonds is 6. The normalized spacial score (nSPS) is 25.1. The fraction of sp³-hybridized carbons (Fsp3) is 0.538. The van der Waals surface area contributed by atoms with E-state index in [1.807, 2.05) is 6.92 Å². The van der Waals surface area contributed by atoms with Gasteiger partial charge in [-0.05, 0) is 19.4 Å². The number of methoxy groups -OCH3 is 1. The van der Waals surface area contributed by atoms with Gasteiger partial charge in [-0.2, -0.15) is 0 Å². The number of nitrogens with one attached hydrogen (secondary N) is 1. The van der Waals surface area contributed by atoms with Crippen LogP contribution in [0, 0.1) is 10.1 Å². The highest BCUT2D eigenvalue weighted by Gasteiger charge is 2.42. The lowest BCUT2D eigenvalue weighted by molar-refractivity contribution is -0.384. The summed E-state index contributed by atoms with van der Waals surface area (Å²) in [6.07, 6.45) is 0.861. The van der Waals surface area contributed by atoms with E-state index in [1.54, 1.807) is 13.2 Å². The number of nitro benzene ring substituents is 1. The lowest BCUT2D eigenvalue weighted by Crippen LogP contribution is -2.56. The molecule has 1 aliphatic rings. The summed E-state index contributed by atoms with van der Waals surface area (Å²) in [6.45, 7) is 2.59. The minimum Gasteiger partial charge on any atom is -0.378 e. The molecule has 1 saturated carbocycles. The minimum atomic E-state index is -0.470. The van der Waals surface area contributed by atoms with E-state index >= 15 is 0 Å². The number of ether oxygens (including phenoxy) is 2. The Kier molecular flexibility index (Phi) is 4.80. The molecule has 20 heavy (non-hydrogen) atoms. The van der Waals surface area contributed by atoms with Crippen LogP contribution in [-0.2, 0) is 9.47 Å². The van der Waals surface area contributed by atoms with Crippen LogP contribution in [0.5, 0.6) is 0 Å². The van der Waals surface area contributed by atoms with Crippen LogP contribution < -0.4 is 5.32 Å². The molecule has 0 amide bonds. The Morgan fingerprint density at radius 3 is 2.85 bits per heavy atom. The molecule has 1 aromatic carbocycles. The zero-order chi connectivity index (χ0) is 14.7. The van der Waals surface area contributed by atoms with Crippen molar-refractivity contribution in [2.45, 2.75) is 31.6 Å². The Balaban J connectivity index is 2.02. The van der Waals surface area contributed by atoms with E-state index in [-0.39, 0.29) is 23.9 Å². The molecule has 1 N–H and O–H groups in total. The molecule has 0 aromatic heterocycles. The van der Waals surface area contributed by atoms with Crippen molar-refractivity contribution in [1.29, 1.82) is 0 Å². The summed E-state index contributed by atoms with van der Waals surface area (Å²) in [5.74, 6) is 0. The van der Waals surface area contributed by atoms with Gasteiger partial charge < -0.3 is 14.8 Å². The van der Waals surface area contributed by atoms with Gasteiger partial charge in [-0.15, -0.1) is 0 Å². The van der Waals surface area contributed by atoms with E-state index in [9.17, 15) is 10.1 Å². The largest absolute Gasteiger partial charge is 0.378 e. The van der Waals surface area contributed by atoms with Crippen LogP contribution in [-0.4, -0.2) is 36.9 Å². The average Bonchev–Trinajstić information content (AvgIpc) is 2.39. The van der Waals surface area contributed by atoms with Crippen molar-refractivity contribution < 1.29 is 14.4 Å². The fourth-order valence-electron chi connectivity index (χ4n) is 2.35. The molecule has 0 spiro atoms. The van der Waals surface area contributed by atoms with Gasteiger partial charge in [0, 0.05) is 25.8 Å². The Morgan fingerprint density at radius 2 is 2.30 bits per heavy atom. The second kappa shape index (κ2) is 6.39. The molecule has 1 aromatic rings. The molecule has 1 aliphatic carbocycles. The van der Waals surface area contributed by atoms with Crippen molar-refractivity contribution in [3.63, 3.8) is 0 Å². The lowest BCUT2D eigenvalue weighted by atomic mass is 9.85. The van der Waals surface area contributed by atoms with Gasteiger partial charge in [0.2, 0.25) is 0 Å². The monoisotopic (exact) mass is 300 g/mol. The second-order valence-electron chi connectivity index (χ2n) is 4.60. The van der Waals surface area contributed by atoms with Crippen LogP contribution in [0.3, 0.4) is 0 Å². The lowest BCUT2D eigenvalue weighted by Gasteiger charge is -2.43. The van der Waals surface area contributed by atoms with Crippen LogP contribution in [0.25, 0.3) is 0 Å². The highest BCUT2D eigenvalue weighted by atomic mass is 35.5. The first kappa shape index (κ1) is 15.0. The predicted molar refractivity (Wildman–Crippen MR) is 76.3 cm³/mol. The van der Waals surface area contributed by atoms with Crippen molar-refractivity contribution in [3.05, 3.63) is 33.3 Å². The van der Waals surface area contributed by atoms with Crippen molar-refractivity contribution in [2.75, 3.05) is 19.0 Å². The van der Waals surface area contributed by atoms with Gasteiger partial charge in [0.15, 0.2) is 0 Å². The molecule has 0 heterocycles. The maximum absolute atomic E-state index is 10.7. The van der Waals surface area contributed by atoms with Gasteiger partial charge >= 0.3 is 0 Å². The van der Waals surface area contributed by atoms with Crippen molar-refractivity contribution in [3.8, 4) is 0 Å². The molecule has 0 bridgehead atoms. The van der Waals surface area contributed by atoms with Gasteiger partial charge in [0.25, 0.3) is 5.69 Å². The van der Waals surface area contributed by atoms with Crippen LogP contribution in [0.4, 0.5) is 11.4 Å². The molecule has 1 fully saturated rings. The Labute approximate surface area is 122 Å². The van der Waals surface area contributed by atoms with Gasteiger partial charge in [-0.3, -0.25) is 10.1 Å². The van der Waals surface area contributed by atoms with E-state index in [0.717, 1.165) is 6.42 Å². The summed E-state index contributed by atoms with van der Waals surface area (Å²) in [6, 6.07) is 4.47. The van der Waals surface area contributed by atoms with Crippen LogP contribution >= 0.6 is 11.6 Å². The number of halogens is 1. The maximum atomic E-state index is 10.7. The van der Waals surface area contributed by atoms with Crippen LogP contribution in [0.15, 0.2) is 18.2 Å². The fourth-order valence-corrected chi connectivity index (χ4v) is 2.58. The van der Waals surface area contributed by atoms with Gasteiger partial charge in [-0.25, -0.2) is 0 Å². The van der Waals surface area contributed by atoms with E-state index < -0.39 is 4.92 Å². The summed E-state index contributed by atoms with van der Waals surface area (Å²) in [4.78, 5) is 10.2.